The van der Waals surface area contributed by atoms with Gasteiger partial charge >= 0.3 is 0 Å². The maximum atomic E-state index is 13.7. The first-order valence-electron chi connectivity index (χ1n) is 13.2. The summed E-state index contributed by atoms with van der Waals surface area (Å²) in [6, 6.07) is 5.29. The second kappa shape index (κ2) is 13.5. The van der Waals surface area contributed by atoms with Crippen molar-refractivity contribution in [1.82, 2.24) is 20.2 Å². The van der Waals surface area contributed by atoms with E-state index in [1.807, 2.05) is 14.0 Å². The fourth-order valence-electron chi connectivity index (χ4n) is 4.68. The Labute approximate surface area is 229 Å². The van der Waals surface area contributed by atoms with Crippen molar-refractivity contribution in [3.8, 4) is 17.1 Å². The minimum Gasteiger partial charge on any atom is -0.491 e. The Bertz CT molecular complexity index is 1090. The third-order valence-corrected chi connectivity index (χ3v) is 7.07. The molecule has 3 heterocycles. The molecule has 0 bridgehead atoms. The number of carbonyl (C=O) groups excluding carboxylic acids is 1. The van der Waals surface area contributed by atoms with Crippen molar-refractivity contribution in [2.45, 2.75) is 38.3 Å². The van der Waals surface area contributed by atoms with Gasteiger partial charge in [0.1, 0.15) is 30.0 Å². The van der Waals surface area contributed by atoms with E-state index in [0.717, 1.165) is 32.5 Å². The molecule has 2 atom stereocenters. The van der Waals surface area contributed by atoms with Crippen molar-refractivity contribution in [3.05, 3.63) is 34.5 Å². The summed E-state index contributed by atoms with van der Waals surface area (Å²) in [6.07, 6.45) is 2.07. The minimum atomic E-state index is -0.669. The minimum absolute atomic E-state index is 0.102. The van der Waals surface area contributed by atoms with Gasteiger partial charge in [-0.2, -0.15) is 0 Å². The van der Waals surface area contributed by atoms with Gasteiger partial charge in [-0.25, -0.2) is 9.97 Å². The van der Waals surface area contributed by atoms with Crippen LogP contribution in [0.15, 0.2) is 18.2 Å². The third kappa shape index (κ3) is 7.54. The second-order valence-corrected chi connectivity index (χ2v) is 10.5. The van der Waals surface area contributed by atoms with E-state index in [2.05, 4.69) is 10.6 Å². The van der Waals surface area contributed by atoms with Gasteiger partial charge in [0.25, 0.3) is 5.91 Å². The van der Waals surface area contributed by atoms with Crippen LogP contribution in [-0.2, 0) is 9.47 Å². The Morgan fingerprint density at radius 1 is 1.21 bits per heavy atom. The Hall–Kier alpha value is -2.50. The zero-order valence-electron chi connectivity index (χ0n) is 22.3. The number of halogens is 1. The monoisotopic (exact) mass is 547 g/mol. The molecule has 2 unspecified atom stereocenters. The molecule has 10 nitrogen and oxygen atoms in total. The zero-order valence-corrected chi connectivity index (χ0v) is 23.1. The molecule has 3 N–H and O–H groups in total. The van der Waals surface area contributed by atoms with E-state index in [0.29, 0.717) is 71.5 Å². The summed E-state index contributed by atoms with van der Waals surface area (Å²) in [5.41, 5.74) is 1.65. The van der Waals surface area contributed by atoms with Crippen LogP contribution in [0.4, 0.5) is 5.82 Å². The van der Waals surface area contributed by atoms with Gasteiger partial charge in [0.15, 0.2) is 5.82 Å². The fourth-order valence-corrected chi connectivity index (χ4v) is 4.90. The highest BCUT2D eigenvalue weighted by Gasteiger charge is 2.26. The summed E-state index contributed by atoms with van der Waals surface area (Å²) in [7, 11) is 3.58. The number of hydrogen-bond donors (Lipinski definition) is 3. The number of benzene rings is 1. The van der Waals surface area contributed by atoms with Crippen LogP contribution < -0.4 is 15.4 Å². The lowest BCUT2D eigenvalue weighted by Crippen LogP contribution is -2.35. The number of aliphatic hydroxyl groups is 1. The summed E-state index contributed by atoms with van der Waals surface area (Å²) >= 11 is 6.42. The highest BCUT2D eigenvalue weighted by Crippen LogP contribution is 2.30. The molecular weight excluding hydrogens is 510 g/mol. The van der Waals surface area contributed by atoms with Gasteiger partial charge in [0, 0.05) is 56.1 Å². The smallest absolute Gasteiger partial charge is 0.272 e. The van der Waals surface area contributed by atoms with Crippen LogP contribution in [0.1, 0.15) is 35.3 Å². The van der Waals surface area contributed by atoms with E-state index in [-0.39, 0.29) is 18.6 Å². The molecule has 0 radical (unpaired) electrons. The number of ether oxygens (including phenoxy) is 3. The number of likely N-dealkylation sites (N-methyl/N-ethyl adjacent to an activating group) is 1. The number of nitrogens with zero attached hydrogens (tertiary/aromatic N) is 3. The standard InChI is InChI=1S/C27H38ClN5O5/c1-17-24(27(35)33(3)14-18-4-7-36-8-5-18)31-26(32-25(17)30-21-6-9-37-15-21)19-10-20(28)12-23(11-19)38-16-22(34)13-29-2/h10-12,18,21-22,29,34H,4-9,13-16H2,1-3H3,(H,30,31,32). The van der Waals surface area contributed by atoms with E-state index in [1.165, 1.54) is 0 Å². The average Bonchev–Trinajstić information content (AvgIpc) is 3.42. The molecule has 2 aliphatic heterocycles. The quantitative estimate of drug-likeness (QED) is 0.390. The fraction of sp³-hybridized carbons (Fsp3) is 0.593. The lowest BCUT2D eigenvalue weighted by Gasteiger charge is -2.27. The Morgan fingerprint density at radius 3 is 2.68 bits per heavy atom. The Balaban J connectivity index is 1.64. The van der Waals surface area contributed by atoms with E-state index >= 15 is 0 Å². The molecule has 2 aromatic rings. The number of nitrogens with one attached hydrogen (secondary N) is 2. The molecule has 0 saturated carbocycles. The summed E-state index contributed by atoms with van der Waals surface area (Å²) < 4.78 is 16.8. The molecule has 2 aliphatic rings. The van der Waals surface area contributed by atoms with Crippen molar-refractivity contribution >= 4 is 23.3 Å². The summed E-state index contributed by atoms with van der Waals surface area (Å²) in [5, 5.41) is 16.8. The van der Waals surface area contributed by atoms with E-state index in [4.69, 9.17) is 35.8 Å². The molecule has 2 fully saturated rings. The number of aliphatic hydroxyl groups excluding tert-OH is 1. The summed E-state index contributed by atoms with van der Waals surface area (Å²) in [5.74, 6) is 1.69. The predicted molar refractivity (Wildman–Crippen MR) is 146 cm³/mol. The van der Waals surface area contributed by atoms with E-state index in [9.17, 15) is 9.90 Å². The van der Waals surface area contributed by atoms with Gasteiger partial charge in [-0.1, -0.05) is 11.6 Å². The maximum absolute atomic E-state index is 13.7. The number of aromatic nitrogens is 2. The lowest BCUT2D eigenvalue weighted by atomic mass is 9.99. The van der Waals surface area contributed by atoms with Gasteiger partial charge in [0.05, 0.1) is 12.6 Å². The number of hydrogen-bond acceptors (Lipinski definition) is 9. The Kier molecular flexibility index (Phi) is 10.1. The summed E-state index contributed by atoms with van der Waals surface area (Å²) in [6.45, 7) is 5.74. The number of rotatable bonds is 11. The van der Waals surface area contributed by atoms with Crippen molar-refractivity contribution in [3.63, 3.8) is 0 Å². The largest absolute Gasteiger partial charge is 0.491 e. The van der Waals surface area contributed by atoms with E-state index in [1.54, 1.807) is 30.1 Å². The SMILES string of the molecule is CNCC(O)COc1cc(Cl)cc(-c2nc(NC3CCOC3)c(C)c(C(=O)N(C)CC3CCOCC3)n2)c1. The highest BCUT2D eigenvalue weighted by atomic mass is 35.5. The molecule has 208 valence electrons. The summed E-state index contributed by atoms with van der Waals surface area (Å²) in [4.78, 5) is 24.9. The first kappa shape index (κ1) is 28.5. The van der Waals surface area contributed by atoms with Crippen LogP contribution in [0.25, 0.3) is 11.4 Å². The maximum Gasteiger partial charge on any atom is 0.272 e. The van der Waals surface area contributed by atoms with Crippen LogP contribution >= 0.6 is 11.6 Å². The molecule has 11 heteroatoms. The van der Waals surface area contributed by atoms with Crippen molar-refractivity contribution in [2.75, 3.05) is 65.5 Å². The molecule has 38 heavy (non-hydrogen) atoms. The molecular formula is C27H38ClN5O5. The molecule has 1 aromatic heterocycles. The van der Waals surface area contributed by atoms with Gasteiger partial charge in [-0.05, 0) is 57.4 Å². The molecule has 0 spiro atoms. The second-order valence-electron chi connectivity index (χ2n) is 10.0. The van der Waals surface area contributed by atoms with Crippen molar-refractivity contribution in [2.24, 2.45) is 5.92 Å². The number of carbonyl (C=O) groups is 1. The van der Waals surface area contributed by atoms with Gasteiger partial charge in [0.2, 0.25) is 0 Å². The Morgan fingerprint density at radius 2 is 1.97 bits per heavy atom. The average molecular weight is 548 g/mol. The molecule has 1 amide bonds. The highest BCUT2D eigenvalue weighted by molar-refractivity contribution is 6.31. The van der Waals surface area contributed by atoms with Crippen LogP contribution in [0, 0.1) is 12.8 Å². The normalized spacial score (nSPS) is 18.8. The first-order valence-corrected chi connectivity index (χ1v) is 13.5. The number of anilines is 1. The molecule has 2 saturated heterocycles. The van der Waals surface area contributed by atoms with Crippen LogP contribution in [0.2, 0.25) is 5.02 Å². The van der Waals surface area contributed by atoms with Gasteiger partial charge in [-0.15, -0.1) is 0 Å². The van der Waals surface area contributed by atoms with Gasteiger partial charge < -0.3 is 34.9 Å². The van der Waals surface area contributed by atoms with Crippen LogP contribution in [0.3, 0.4) is 0 Å². The molecule has 4 rings (SSSR count). The van der Waals surface area contributed by atoms with Crippen molar-refractivity contribution in [1.29, 1.82) is 0 Å². The van der Waals surface area contributed by atoms with Crippen LogP contribution in [0.5, 0.6) is 5.75 Å². The van der Waals surface area contributed by atoms with Gasteiger partial charge in [-0.3, -0.25) is 4.79 Å². The van der Waals surface area contributed by atoms with E-state index < -0.39 is 6.10 Å². The third-order valence-electron chi connectivity index (χ3n) is 6.85. The first-order chi connectivity index (χ1) is 18.3. The lowest BCUT2D eigenvalue weighted by molar-refractivity contribution is 0.0495. The topological polar surface area (TPSA) is 118 Å². The number of amides is 1. The predicted octanol–water partition coefficient (Wildman–Crippen LogP) is 2.76. The van der Waals surface area contributed by atoms with Crippen LogP contribution in [-0.4, -0.2) is 98.2 Å². The molecule has 1 aromatic carbocycles. The zero-order chi connectivity index (χ0) is 27.1. The van der Waals surface area contributed by atoms with Crippen molar-refractivity contribution < 1.29 is 24.1 Å². The molecule has 0 aliphatic carbocycles.